The van der Waals surface area contributed by atoms with Crippen LogP contribution in [0.2, 0.25) is 0 Å². The van der Waals surface area contributed by atoms with Crippen LogP contribution in [-0.4, -0.2) is 62.0 Å². The van der Waals surface area contributed by atoms with Crippen LogP contribution in [0.15, 0.2) is 0 Å². The Kier molecular flexibility index (Phi) is 8.99. The summed E-state index contributed by atoms with van der Waals surface area (Å²) in [5.41, 5.74) is 0. The van der Waals surface area contributed by atoms with Gasteiger partial charge < -0.3 is 15.1 Å². The van der Waals surface area contributed by atoms with Gasteiger partial charge in [0.15, 0.2) is 0 Å². The van der Waals surface area contributed by atoms with Gasteiger partial charge in [0, 0.05) is 25.7 Å². The molecule has 0 aliphatic carbocycles. The molecular weight excluding hydrogens is 285 g/mol. The Bertz CT molecular complexity index is 271. The predicted octanol–water partition coefficient (Wildman–Crippen LogP) is 1.38. The van der Waals surface area contributed by atoms with E-state index >= 15 is 0 Å². The predicted molar refractivity (Wildman–Crippen MR) is 83.4 cm³/mol. The van der Waals surface area contributed by atoms with E-state index in [0.717, 1.165) is 45.4 Å². The Balaban J connectivity index is 0.00000162. The summed E-state index contributed by atoms with van der Waals surface area (Å²) in [5.74, 6) is 0.605. The largest absolute Gasteiger partial charge is 0.341 e. The van der Waals surface area contributed by atoms with E-state index in [0.29, 0.717) is 11.9 Å². The SMILES string of the molecule is CN(C)C1CCCN(C(=O)C2CCCNC2)C1.Cl.Cl. The minimum absolute atomic E-state index is 0. The molecule has 2 fully saturated rings. The van der Waals surface area contributed by atoms with Gasteiger partial charge in [0.25, 0.3) is 0 Å². The maximum Gasteiger partial charge on any atom is 0.227 e. The number of amides is 1. The first-order valence-corrected chi connectivity index (χ1v) is 6.84. The molecule has 2 saturated heterocycles. The molecule has 0 aromatic carbocycles. The minimum Gasteiger partial charge on any atom is -0.341 e. The number of nitrogens with one attached hydrogen (secondary N) is 1. The standard InChI is InChI=1S/C13H25N3O.2ClH/c1-15(2)12-6-4-8-16(10-12)13(17)11-5-3-7-14-9-11;;/h11-12,14H,3-10H2,1-2H3;2*1H. The molecule has 2 unspecified atom stereocenters. The molecule has 2 atom stereocenters. The molecule has 4 nitrogen and oxygen atoms in total. The first-order valence-electron chi connectivity index (χ1n) is 6.84. The molecule has 0 radical (unpaired) electrons. The van der Waals surface area contributed by atoms with Gasteiger partial charge in [0.2, 0.25) is 5.91 Å². The topological polar surface area (TPSA) is 35.6 Å². The number of likely N-dealkylation sites (N-methyl/N-ethyl adjacent to an activating group) is 1. The van der Waals surface area contributed by atoms with Gasteiger partial charge in [0.1, 0.15) is 0 Å². The summed E-state index contributed by atoms with van der Waals surface area (Å²) in [6, 6.07) is 0.546. The lowest BCUT2D eigenvalue weighted by Crippen LogP contribution is -2.51. The van der Waals surface area contributed by atoms with E-state index in [2.05, 4.69) is 29.2 Å². The number of nitrogens with zero attached hydrogens (tertiary/aromatic N) is 2. The number of carbonyl (C=O) groups excluding carboxylic acids is 1. The van der Waals surface area contributed by atoms with Gasteiger partial charge in [0.05, 0.1) is 5.92 Å². The molecule has 2 rings (SSSR count). The van der Waals surface area contributed by atoms with E-state index in [-0.39, 0.29) is 30.7 Å². The zero-order chi connectivity index (χ0) is 12.3. The Morgan fingerprint density at radius 3 is 2.53 bits per heavy atom. The van der Waals surface area contributed by atoms with Gasteiger partial charge in [-0.05, 0) is 46.3 Å². The van der Waals surface area contributed by atoms with Crippen molar-refractivity contribution in [2.75, 3.05) is 40.3 Å². The molecule has 0 aromatic rings. The second kappa shape index (κ2) is 9.01. The van der Waals surface area contributed by atoms with Crippen molar-refractivity contribution in [2.45, 2.75) is 31.7 Å². The molecule has 6 heteroatoms. The van der Waals surface area contributed by atoms with Crippen LogP contribution in [-0.2, 0) is 4.79 Å². The number of likely N-dealkylation sites (tertiary alicyclic amines) is 1. The van der Waals surface area contributed by atoms with Crippen molar-refractivity contribution in [1.82, 2.24) is 15.1 Å². The summed E-state index contributed by atoms with van der Waals surface area (Å²) in [6.07, 6.45) is 4.57. The number of piperidine rings is 2. The number of hydrogen-bond donors (Lipinski definition) is 1. The van der Waals surface area contributed by atoms with Crippen molar-refractivity contribution < 1.29 is 4.79 Å². The Morgan fingerprint density at radius 1 is 1.21 bits per heavy atom. The average molecular weight is 312 g/mol. The smallest absolute Gasteiger partial charge is 0.227 e. The highest BCUT2D eigenvalue weighted by Crippen LogP contribution is 2.19. The van der Waals surface area contributed by atoms with Gasteiger partial charge in [-0.3, -0.25) is 4.79 Å². The van der Waals surface area contributed by atoms with E-state index in [1.54, 1.807) is 0 Å². The fourth-order valence-corrected chi connectivity index (χ4v) is 2.90. The molecule has 1 N–H and O–H groups in total. The number of halogens is 2. The summed E-state index contributed by atoms with van der Waals surface area (Å²) >= 11 is 0. The quantitative estimate of drug-likeness (QED) is 0.837. The minimum atomic E-state index is 0. The summed E-state index contributed by atoms with van der Waals surface area (Å²) in [6.45, 7) is 3.83. The van der Waals surface area contributed by atoms with Gasteiger partial charge >= 0.3 is 0 Å². The fourth-order valence-electron chi connectivity index (χ4n) is 2.90. The van der Waals surface area contributed by atoms with E-state index < -0.39 is 0 Å². The van der Waals surface area contributed by atoms with Crippen LogP contribution in [0.25, 0.3) is 0 Å². The van der Waals surface area contributed by atoms with E-state index in [4.69, 9.17) is 0 Å². The number of hydrogen-bond acceptors (Lipinski definition) is 3. The zero-order valence-corrected chi connectivity index (χ0v) is 13.6. The van der Waals surface area contributed by atoms with Crippen molar-refractivity contribution >= 4 is 30.7 Å². The second-order valence-corrected chi connectivity index (χ2v) is 5.59. The number of rotatable bonds is 2. The Morgan fingerprint density at radius 2 is 1.95 bits per heavy atom. The highest BCUT2D eigenvalue weighted by Gasteiger charge is 2.30. The summed E-state index contributed by atoms with van der Waals surface area (Å²) in [5, 5.41) is 3.33. The maximum absolute atomic E-state index is 12.4. The molecule has 114 valence electrons. The first-order chi connectivity index (χ1) is 8.18. The molecule has 0 saturated carbocycles. The number of carbonyl (C=O) groups is 1. The molecule has 0 spiro atoms. The van der Waals surface area contributed by atoms with Gasteiger partial charge in [-0.1, -0.05) is 0 Å². The Labute approximate surface area is 129 Å². The lowest BCUT2D eigenvalue weighted by molar-refractivity contribution is -0.138. The molecule has 0 bridgehead atoms. The van der Waals surface area contributed by atoms with Crippen LogP contribution >= 0.6 is 24.8 Å². The molecule has 2 heterocycles. The molecule has 0 aromatic heterocycles. The third-order valence-electron chi connectivity index (χ3n) is 4.08. The van der Waals surface area contributed by atoms with Crippen LogP contribution in [0, 0.1) is 5.92 Å². The van der Waals surface area contributed by atoms with Crippen molar-refractivity contribution in [1.29, 1.82) is 0 Å². The fraction of sp³-hybridized carbons (Fsp3) is 0.923. The van der Waals surface area contributed by atoms with Crippen LogP contribution in [0.1, 0.15) is 25.7 Å². The average Bonchev–Trinajstić information content (AvgIpc) is 2.39. The zero-order valence-electron chi connectivity index (χ0n) is 11.9. The van der Waals surface area contributed by atoms with Gasteiger partial charge in [-0.25, -0.2) is 0 Å². The van der Waals surface area contributed by atoms with E-state index in [9.17, 15) is 4.79 Å². The highest BCUT2D eigenvalue weighted by molar-refractivity contribution is 5.85. The van der Waals surface area contributed by atoms with Gasteiger partial charge in [-0.2, -0.15) is 0 Å². The first kappa shape index (κ1) is 19.0. The summed E-state index contributed by atoms with van der Waals surface area (Å²) < 4.78 is 0. The van der Waals surface area contributed by atoms with E-state index in [1.165, 1.54) is 6.42 Å². The normalized spacial score (nSPS) is 27.4. The molecule has 19 heavy (non-hydrogen) atoms. The molecule has 2 aliphatic rings. The van der Waals surface area contributed by atoms with Crippen LogP contribution < -0.4 is 5.32 Å². The van der Waals surface area contributed by atoms with Crippen molar-refractivity contribution in [3.8, 4) is 0 Å². The summed E-state index contributed by atoms with van der Waals surface area (Å²) in [4.78, 5) is 16.7. The Hall–Kier alpha value is -0.0300. The lowest BCUT2D eigenvalue weighted by atomic mass is 9.96. The molecule has 2 aliphatic heterocycles. The molecular formula is C13H27Cl2N3O. The highest BCUT2D eigenvalue weighted by atomic mass is 35.5. The maximum atomic E-state index is 12.4. The summed E-state index contributed by atoms with van der Waals surface area (Å²) in [7, 11) is 4.22. The second-order valence-electron chi connectivity index (χ2n) is 5.59. The van der Waals surface area contributed by atoms with Crippen LogP contribution in [0.4, 0.5) is 0 Å². The van der Waals surface area contributed by atoms with Crippen molar-refractivity contribution in [3.63, 3.8) is 0 Å². The monoisotopic (exact) mass is 311 g/mol. The lowest BCUT2D eigenvalue weighted by Gasteiger charge is -2.38. The van der Waals surface area contributed by atoms with Crippen LogP contribution in [0.3, 0.4) is 0 Å². The van der Waals surface area contributed by atoms with Crippen molar-refractivity contribution in [2.24, 2.45) is 5.92 Å². The van der Waals surface area contributed by atoms with E-state index in [1.807, 2.05) is 0 Å². The van der Waals surface area contributed by atoms with Crippen molar-refractivity contribution in [3.05, 3.63) is 0 Å². The van der Waals surface area contributed by atoms with Crippen LogP contribution in [0.5, 0.6) is 0 Å². The third kappa shape index (κ3) is 5.10. The third-order valence-corrected chi connectivity index (χ3v) is 4.08. The van der Waals surface area contributed by atoms with Gasteiger partial charge in [-0.15, -0.1) is 24.8 Å². The molecule has 1 amide bonds.